The van der Waals surface area contributed by atoms with Crippen molar-refractivity contribution in [3.63, 3.8) is 0 Å². The van der Waals surface area contributed by atoms with Crippen molar-refractivity contribution in [3.8, 4) is 5.75 Å². The minimum absolute atomic E-state index is 0.0917. The average Bonchev–Trinajstić information content (AvgIpc) is 2.48. The van der Waals surface area contributed by atoms with Crippen molar-refractivity contribution in [2.75, 3.05) is 33.8 Å². The zero-order valence-corrected chi connectivity index (χ0v) is 11.5. The van der Waals surface area contributed by atoms with Gasteiger partial charge >= 0.3 is 11.8 Å². The molecule has 1 fully saturated rings. The molecular weight excluding hydrogens is 260 g/mol. The van der Waals surface area contributed by atoms with Crippen molar-refractivity contribution in [2.45, 2.75) is 0 Å². The number of ketones is 1. The van der Waals surface area contributed by atoms with E-state index in [1.165, 1.54) is 16.9 Å². The Kier molecular flexibility index (Phi) is 4.02. The van der Waals surface area contributed by atoms with Gasteiger partial charge in [-0.05, 0) is 12.1 Å². The van der Waals surface area contributed by atoms with Crippen LogP contribution in [0.4, 0.5) is 0 Å². The highest BCUT2D eigenvalue weighted by atomic mass is 16.5. The number of rotatable bonds is 4. The minimum Gasteiger partial charge on any atom is -0.497 e. The van der Waals surface area contributed by atoms with Crippen molar-refractivity contribution in [2.24, 2.45) is 0 Å². The number of Topliss-reactive ketones (excluding diaryl/α,β-unsaturated/α-hetero) is 1. The van der Waals surface area contributed by atoms with Crippen LogP contribution in [0, 0.1) is 0 Å². The average molecular weight is 276 g/mol. The second-order valence-electron chi connectivity index (χ2n) is 4.61. The summed E-state index contributed by atoms with van der Waals surface area (Å²) in [6.45, 7) is 0.721. The van der Waals surface area contributed by atoms with E-state index in [0.29, 0.717) is 24.4 Å². The molecule has 1 heterocycles. The Morgan fingerprint density at radius 2 is 2.00 bits per heavy atom. The quantitative estimate of drug-likeness (QED) is 0.581. The normalized spacial score (nSPS) is 15.5. The number of carbonyl (C=O) groups excluding carboxylic acids is 3. The number of nitrogens with zero attached hydrogens (tertiary/aromatic N) is 2. The highest BCUT2D eigenvalue weighted by Gasteiger charge is 2.31. The van der Waals surface area contributed by atoms with E-state index in [1.54, 1.807) is 31.3 Å². The largest absolute Gasteiger partial charge is 0.497 e. The Balaban J connectivity index is 2.07. The molecule has 6 nitrogen and oxygen atoms in total. The molecule has 0 aromatic heterocycles. The summed E-state index contributed by atoms with van der Waals surface area (Å²) in [5.74, 6) is -0.837. The molecule has 1 aliphatic heterocycles. The lowest BCUT2D eigenvalue weighted by atomic mass is 10.1. The first-order valence-electron chi connectivity index (χ1n) is 6.24. The number of methoxy groups -OCH3 is 1. The Morgan fingerprint density at radius 1 is 1.25 bits per heavy atom. The topological polar surface area (TPSA) is 66.9 Å². The molecule has 1 aromatic carbocycles. The SMILES string of the molecule is COc1cccc(C(=O)CN2CCN(C)C(=O)C2=O)c1. The number of hydrogen-bond donors (Lipinski definition) is 0. The smallest absolute Gasteiger partial charge is 0.312 e. The number of piperazine rings is 1. The van der Waals surface area contributed by atoms with Crippen LogP contribution in [0.25, 0.3) is 0 Å². The van der Waals surface area contributed by atoms with Gasteiger partial charge in [0.05, 0.1) is 13.7 Å². The predicted octanol–water partition coefficient (Wildman–Crippen LogP) is 0.178. The van der Waals surface area contributed by atoms with Gasteiger partial charge in [-0.2, -0.15) is 0 Å². The summed E-state index contributed by atoms with van der Waals surface area (Å²) in [5, 5.41) is 0. The molecule has 0 atom stereocenters. The fourth-order valence-corrected chi connectivity index (χ4v) is 1.98. The summed E-state index contributed by atoms with van der Waals surface area (Å²) >= 11 is 0. The maximum atomic E-state index is 12.1. The zero-order valence-electron chi connectivity index (χ0n) is 11.5. The van der Waals surface area contributed by atoms with Crippen LogP contribution in [0.1, 0.15) is 10.4 Å². The minimum atomic E-state index is -0.630. The monoisotopic (exact) mass is 276 g/mol. The molecular formula is C14H16N2O4. The van der Waals surface area contributed by atoms with Crippen molar-refractivity contribution < 1.29 is 19.1 Å². The highest BCUT2D eigenvalue weighted by molar-refractivity contribution is 6.35. The number of benzene rings is 1. The van der Waals surface area contributed by atoms with Crippen LogP contribution in [0.5, 0.6) is 5.75 Å². The van der Waals surface area contributed by atoms with Crippen molar-refractivity contribution >= 4 is 17.6 Å². The third-order valence-electron chi connectivity index (χ3n) is 3.25. The number of likely N-dealkylation sites (N-methyl/N-ethyl adjacent to an activating group) is 1. The van der Waals surface area contributed by atoms with Crippen LogP contribution in [-0.4, -0.2) is 61.2 Å². The molecule has 0 unspecified atom stereocenters. The van der Waals surface area contributed by atoms with Gasteiger partial charge in [0.25, 0.3) is 0 Å². The molecule has 2 amide bonds. The zero-order chi connectivity index (χ0) is 14.7. The van der Waals surface area contributed by atoms with E-state index in [9.17, 15) is 14.4 Å². The second kappa shape index (κ2) is 5.73. The number of amides is 2. The van der Waals surface area contributed by atoms with Gasteiger partial charge in [-0.1, -0.05) is 12.1 Å². The molecule has 0 bridgehead atoms. The van der Waals surface area contributed by atoms with Crippen LogP contribution in [0.15, 0.2) is 24.3 Å². The van der Waals surface area contributed by atoms with Gasteiger partial charge in [0.1, 0.15) is 5.75 Å². The summed E-state index contributed by atoms with van der Waals surface area (Å²) in [5.41, 5.74) is 0.462. The van der Waals surface area contributed by atoms with Gasteiger partial charge in [-0.25, -0.2) is 0 Å². The summed E-state index contributed by atoms with van der Waals surface area (Å²) in [4.78, 5) is 38.1. The molecule has 1 saturated heterocycles. The van der Waals surface area contributed by atoms with Crippen LogP contribution in [-0.2, 0) is 9.59 Å². The van der Waals surface area contributed by atoms with Gasteiger partial charge in [0.2, 0.25) is 0 Å². The summed E-state index contributed by atoms with van der Waals surface area (Å²) < 4.78 is 5.05. The third-order valence-corrected chi connectivity index (χ3v) is 3.25. The van der Waals surface area contributed by atoms with Gasteiger partial charge in [0, 0.05) is 25.7 Å². The van der Waals surface area contributed by atoms with Gasteiger partial charge in [-0.3, -0.25) is 14.4 Å². The molecule has 0 radical (unpaired) electrons. The van der Waals surface area contributed by atoms with Gasteiger partial charge in [0.15, 0.2) is 5.78 Å². The first-order valence-corrected chi connectivity index (χ1v) is 6.24. The lowest BCUT2D eigenvalue weighted by molar-refractivity contribution is -0.154. The summed E-state index contributed by atoms with van der Waals surface area (Å²) in [6, 6.07) is 6.72. The van der Waals surface area contributed by atoms with Gasteiger partial charge in [-0.15, -0.1) is 0 Å². The maximum Gasteiger partial charge on any atom is 0.312 e. The fraction of sp³-hybridized carbons (Fsp3) is 0.357. The number of carbonyl (C=O) groups is 3. The van der Waals surface area contributed by atoms with E-state index in [4.69, 9.17) is 4.74 Å². The van der Waals surface area contributed by atoms with Gasteiger partial charge < -0.3 is 14.5 Å². The molecule has 0 saturated carbocycles. The Hall–Kier alpha value is -2.37. The Bertz CT molecular complexity index is 556. The first kappa shape index (κ1) is 14.0. The maximum absolute atomic E-state index is 12.1. The molecule has 1 aromatic rings. The van der Waals surface area contributed by atoms with E-state index in [1.807, 2.05) is 0 Å². The van der Waals surface area contributed by atoms with Crippen molar-refractivity contribution in [3.05, 3.63) is 29.8 Å². The molecule has 0 N–H and O–H groups in total. The molecule has 106 valence electrons. The first-order chi connectivity index (χ1) is 9.52. The molecule has 0 aliphatic carbocycles. The molecule has 20 heavy (non-hydrogen) atoms. The predicted molar refractivity (Wildman–Crippen MR) is 71.5 cm³/mol. The van der Waals surface area contributed by atoms with Crippen molar-refractivity contribution in [1.29, 1.82) is 0 Å². The molecule has 2 rings (SSSR count). The van der Waals surface area contributed by atoms with E-state index >= 15 is 0 Å². The van der Waals surface area contributed by atoms with E-state index in [0.717, 1.165) is 0 Å². The standard InChI is InChI=1S/C14H16N2O4/c1-15-6-7-16(14(19)13(15)18)9-12(17)10-4-3-5-11(8-10)20-2/h3-5,8H,6-7,9H2,1-2H3. The van der Waals surface area contributed by atoms with Crippen LogP contribution in [0.3, 0.4) is 0 Å². The van der Waals surface area contributed by atoms with Crippen LogP contribution >= 0.6 is 0 Å². The van der Waals surface area contributed by atoms with Crippen LogP contribution in [0.2, 0.25) is 0 Å². The van der Waals surface area contributed by atoms with E-state index in [-0.39, 0.29) is 12.3 Å². The Labute approximate surface area is 116 Å². The summed E-state index contributed by atoms with van der Waals surface area (Å²) in [6.07, 6.45) is 0. The number of hydrogen-bond acceptors (Lipinski definition) is 4. The Morgan fingerprint density at radius 3 is 2.70 bits per heavy atom. The lowest BCUT2D eigenvalue weighted by Crippen LogP contribution is -2.53. The third kappa shape index (κ3) is 2.79. The molecule has 0 spiro atoms. The van der Waals surface area contributed by atoms with Crippen molar-refractivity contribution in [1.82, 2.24) is 9.80 Å². The highest BCUT2D eigenvalue weighted by Crippen LogP contribution is 2.14. The fourth-order valence-electron chi connectivity index (χ4n) is 1.98. The molecule has 6 heteroatoms. The van der Waals surface area contributed by atoms with E-state index < -0.39 is 11.8 Å². The number of ether oxygens (including phenoxy) is 1. The molecule has 1 aliphatic rings. The van der Waals surface area contributed by atoms with E-state index in [2.05, 4.69) is 0 Å². The van der Waals surface area contributed by atoms with Crippen LogP contribution < -0.4 is 4.74 Å². The second-order valence-corrected chi connectivity index (χ2v) is 4.61. The lowest BCUT2D eigenvalue weighted by Gasteiger charge is -2.30. The summed E-state index contributed by atoms with van der Waals surface area (Å²) in [7, 11) is 3.09.